The van der Waals surface area contributed by atoms with Gasteiger partial charge in [0.05, 0.1) is 32.9 Å². The second-order valence-electron chi connectivity index (χ2n) is 5.72. The number of nitrogens with one attached hydrogen (secondary N) is 1. The average molecular weight is 421 g/mol. The summed E-state index contributed by atoms with van der Waals surface area (Å²) in [6.07, 6.45) is -0.246. The molecule has 1 heterocycles. The molecular weight excluding hydrogens is 406 g/mol. The first-order valence-electron chi connectivity index (χ1n) is 8.00. The summed E-state index contributed by atoms with van der Waals surface area (Å²) in [5.41, 5.74) is 0.293. The number of carbonyl (C=O) groups excluding carboxylic acids is 1. The number of nitro benzene ring substituents is 1. The zero-order valence-electron chi connectivity index (χ0n) is 14.6. The van der Waals surface area contributed by atoms with Crippen LogP contribution in [-0.4, -0.2) is 37.1 Å². The highest BCUT2D eigenvalue weighted by Crippen LogP contribution is 2.29. The first-order chi connectivity index (χ1) is 13.3. The summed E-state index contributed by atoms with van der Waals surface area (Å²) in [7, 11) is -2.14. The molecule has 9 nitrogen and oxygen atoms in total. The highest BCUT2D eigenvalue weighted by molar-refractivity contribution is 7.91. The Morgan fingerprint density at radius 1 is 1.25 bits per heavy atom. The van der Waals surface area contributed by atoms with Crippen LogP contribution in [0.1, 0.15) is 6.42 Å². The molecule has 0 saturated carbocycles. The number of anilines is 1. The van der Waals surface area contributed by atoms with Crippen molar-refractivity contribution in [2.75, 3.05) is 18.2 Å². The smallest absolute Gasteiger partial charge is 0.271 e. The van der Waals surface area contributed by atoms with Crippen LogP contribution < -0.4 is 10.1 Å². The third-order valence-electron chi connectivity index (χ3n) is 3.84. The Balaban J connectivity index is 1.64. The molecule has 0 aliphatic heterocycles. The molecule has 0 fully saturated rings. The number of nitrogens with zero attached hydrogens (tertiary/aromatic N) is 2. The van der Waals surface area contributed by atoms with Crippen LogP contribution in [0.4, 0.5) is 10.8 Å². The van der Waals surface area contributed by atoms with Crippen LogP contribution in [-0.2, 0) is 14.6 Å². The number of non-ortho nitro benzene ring substituents is 1. The largest absolute Gasteiger partial charge is 0.497 e. The van der Waals surface area contributed by atoms with Gasteiger partial charge in [-0.15, -0.1) is 0 Å². The van der Waals surface area contributed by atoms with E-state index in [9.17, 15) is 23.3 Å². The molecule has 0 radical (unpaired) electrons. The van der Waals surface area contributed by atoms with Gasteiger partial charge in [-0.1, -0.05) is 11.3 Å². The number of hydrogen-bond acceptors (Lipinski definition) is 8. The average Bonchev–Trinajstić information content (AvgIpc) is 3.07. The van der Waals surface area contributed by atoms with Gasteiger partial charge in [0, 0.05) is 18.6 Å². The summed E-state index contributed by atoms with van der Waals surface area (Å²) in [5.74, 6) is -0.333. The number of methoxy groups -OCH3 is 1. The van der Waals surface area contributed by atoms with Gasteiger partial charge in [-0.2, -0.15) is 0 Å². The summed E-state index contributed by atoms with van der Waals surface area (Å²) >= 11 is 1.15. The normalized spacial score (nSPS) is 11.3. The number of aromatic nitrogens is 1. The number of carbonyl (C=O) groups is 1. The number of benzene rings is 2. The first-order valence-corrected chi connectivity index (χ1v) is 10.5. The Bertz CT molecular complexity index is 1140. The lowest BCUT2D eigenvalue weighted by Gasteiger charge is -2.06. The lowest BCUT2D eigenvalue weighted by molar-refractivity contribution is -0.384. The van der Waals surface area contributed by atoms with Crippen molar-refractivity contribution in [3.8, 4) is 5.75 Å². The van der Waals surface area contributed by atoms with Crippen molar-refractivity contribution in [3.63, 3.8) is 0 Å². The van der Waals surface area contributed by atoms with Crippen LogP contribution >= 0.6 is 11.3 Å². The van der Waals surface area contributed by atoms with Gasteiger partial charge in [-0.05, 0) is 30.3 Å². The quantitative estimate of drug-likeness (QED) is 0.458. The molecule has 28 heavy (non-hydrogen) atoms. The van der Waals surface area contributed by atoms with E-state index in [1.165, 1.54) is 43.5 Å². The number of thiazole rings is 1. The van der Waals surface area contributed by atoms with Crippen molar-refractivity contribution in [1.29, 1.82) is 0 Å². The van der Waals surface area contributed by atoms with E-state index in [1.807, 2.05) is 0 Å². The van der Waals surface area contributed by atoms with E-state index in [-0.39, 0.29) is 27.9 Å². The van der Waals surface area contributed by atoms with Crippen LogP contribution in [0.5, 0.6) is 5.75 Å². The Labute approximate surface area is 164 Å². The summed E-state index contributed by atoms with van der Waals surface area (Å²) in [6, 6.07) is 10.1. The van der Waals surface area contributed by atoms with E-state index in [1.54, 1.807) is 6.07 Å². The van der Waals surface area contributed by atoms with Crippen LogP contribution in [0.2, 0.25) is 0 Å². The maximum absolute atomic E-state index is 12.3. The first kappa shape index (κ1) is 19.7. The van der Waals surface area contributed by atoms with Crippen LogP contribution in [0, 0.1) is 10.1 Å². The Morgan fingerprint density at radius 3 is 2.61 bits per heavy atom. The molecule has 0 aliphatic rings. The molecule has 0 saturated heterocycles. The van der Waals surface area contributed by atoms with Crippen molar-refractivity contribution in [2.45, 2.75) is 11.3 Å². The third-order valence-corrected chi connectivity index (χ3v) is 6.53. The minimum absolute atomic E-state index is 0.0961. The number of ether oxygens (including phenoxy) is 1. The van der Waals surface area contributed by atoms with E-state index in [0.29, 0.717) is 16.0 Å². The van der Waals surface area contributed by atoms with Gasteiger partial charge in [-0.25, -0.2) is 13.4 Å². The summed E-state index contributed by atoms with van der Waals surface area (Å²) in [6.45, 7) is 0. The Morgan fingerprint density at radius 2 is 1.96 bits per heavy atom. The molecule has 146 valence electrons. The second kappa shape index (κ2) is 7.90. The van der Waals surface area contributed by atoms with Gasteiger partial charge in [0.15, 0.2) is 15.0 Å². The second-order valence-corrected chi connectivity index (χ2v) is 8.86. The van der Waals surface area contributed by atoms with Gasteiger partial charge in [-0.3, -0.25) is 14.9 Å². The molecule has 2 aromatic carbocycles. The SMILES string of the molecule is COc1ccc(S(=O)(=O)CCC(=O)Nc2nc3cc([N+](=O)[O-])ccc3s2)cc1. The maximum atomic E-state index is 12.3. The van der Waals surface area contributed by atoms with Crippen molar-refractivity contribution >= 4 is 48.1 Å². The van der Waals surface area contributed by atoms with Crippen LogP contribution in [0.3, 0.4) is 0 Å². The lowest BCUT2D eigenvalue weighted by atomic mass is 10.3. The van der Waals surface area contributed by atoms with Crippen molar-refractivity contribution in [3.05, 3.63) is 52.6 Å². The highest BCUT2D eigenvalue weighted by atomic mass is 32.2. The molecule has 0 bridgehead atoms. The Hall–Kier alpha value is -3.05. The zero-order valence-corrected chi connectivity index (χ0v) is 16.2. The minimum Gasteiger partial charge on any atom is -0.497 e. The highest BCUT2D eigenvalue weighted by Gasteiger charge is 2.18. The monoisotopic (exact) mass is 421 g/mol. The summed E-state index contributed by atoms with van der Waals surface area (Å²) in [4.78, 5) is 26.6. The number of sulfone groups is 1. The van der Waals surface area contributed by atoms with Crippen molar-refractivity contribution < 1.29 is 22.9 Å². The fourth-order valence-electron chi connectivity index (χ4n) is 2.39. The molecule has 0 unspecified atom stereocenters. The van der Waals surface area contributed by atoms with E-state index >= 15 is 0 Å². The fourth-order valence-corrected chi connectivity index (χ4v) is 4.50. The van der Waals surface area contributed by atoms with Gasteiger partial charge >= 0.3 is 0 Å². The minimum atomic E-state index is -3.62. The number of hydrogen-bond donors (Lipinski definition) is 1. The van der Waals surface area contributed by atoms with E-state index in [0.717, 1.165) is 11.3 Å². The molecule has 0 aliphatic carbocycles. The van der Waals surface area contributed by atoms with E-state index < -0.39 is 20.7 Å². The van der Waals surface area contributed by atoms with Gasteiger partial charge < -0.3 is 10.1 Å². The molecule has 1 amide bonds. The number of nitro groups is 1. The molecule has 11 heteroatoms. The molecule has 3 aromatic rings. The number of fused-ring (bicyclic) bond motifs is 1. The maximum Gasteiger partial charge on any atom is 0.271 e. The summed E-state index contributed by atoms with van der Waals surface area (Å²) in [5, 5.41) is 13.6. The van der Waals surface area contributed by atoms with Gasteiger partial charge in [0.25, 0.3) is 5.69 Å². The Kier molecular flexibility index (Phi) is 5.56. The van der Waals surface area contributed by atoms with Gasteiger partial charge in [0.2, 0.25) is 5.91 Å². The standard InChI is InChI=1S/C17H15N3O6S2/c1-26-12-3-5-13(6-4-12)28(24,25)9-8-16(21)19-17-18-14-10-11(20(22)23)2-7-15(14)27-17/h2-7,10H,8-9H2,1H3,(H,18,19,21). The van der Waals surface area contributed by atoms with Crippen molar-refractivity contribution in [1.82, 2.24) is 4.98 Å². The molecule has 1 N–H and O–H groups in total. The number of amides is 1. The van der Waals surface area contributed by atoms with E-state index in [2.05, 4.69) is 10.3 Å². The predicted octanol–water partition coefficient (Wildman–Crippen LogP) is 3.02. The lowest BCUT2D eigenvalue weighted by Crippen LogP contribution is -2.17. The predicted molar refractivity (Wildman–Crippen MR) is 105 cm³/mol. The topological polar surface area (TPSA) is 128 Å². The molecule has 1 aromatic heterocycles. The number of rotatable bonds is 7. The third kappa shape index (κ3) is 4.43. The molecule has 0 atom stereocenters. The molecular formula is C17H15N3O6S2. The van der Waals surface area contributed by atoms with Crippen molar-refractivity contribution in [2.24, 2.45) is 0 Å². The fraction of sp³-hybridized carbons (Fsp3) is 0.176. The summed E-state index contributed by atoms with van der Waals surface area (Å²) < 4.78 is 30.3. The molecule has 3 rings (SSSR count). The van der Waals surface area contributed by atoms with Gasteiger partial charge in [0.1, 0.15) is 5.75 Å². The zero-order chi connectivity index (χ0) is 20.3. The van der Waals surface area contributed by atoms with E-state index in [4.69, 9.17) is 4.74 Å². The molecule has 0 spiro atoms. The van der Waals surface area contributed by atoms with Crippen LogP contribution in [0.15, 0.2) is 47.4 Å². The van der Waals surface area contributed by atoms with Crippen LogP contribution in [0.25, 0.3) is 10.2 Å².